The Bertz CT molecular complexity index is 941. The minimum absolute atomic E-state index is 0.0772. The minimum atomic E-state index is -0.484. The number of anilines is 1. The van der Waals surface area contributed by atoms with E-state index in [4.69, 9.17) is 0 Å². The van der Waals surface area contributed by atoms with E-state index in [1.54, 1.807) is 12.1 Å². The van der Waals surface area contributed by atoms with Crippen LogP contribution in [0.2, 0.25) is 0 Å². The molecular weight excluding hydrogens is 312 g/mol. The van der Waals surface area contributed by atoms with Gasteiger partial charge in [0.05, 0.1) is 22.7 Å². The summed E-state index contributed by atoms with van der Waals surface area (Å²) in [5, 5.41) is 3.98. The highest BCUT2D eigenvalue weighted by Crippen LogP contribution is 2.45. The van der Waals surface area contributed by atoms with Crippen molar-refractivity contribution in [2.45, 2.75) is 19.9 Å². The lowest BCUT2D eigenvalue weighted by atomic mass is 9.87. The Morgan fingerprint density at radius 1 is 0.840 bits per heavy atom. The van der Waals surface area contributed by atoms with Gasteiger partial charge in [0, 0.05) is 17.2 Å². The molecule has 0 radical (unpaired) electrons. The van der Waals surface area contributed by atoms with E-state index in [0.29, 0.717) is 16.8 Å². The molecule has 4 nitrogen and oxygen atoms in total. The molecule has 0 fully saturated rings. The zero-order valence-electron chi connectivity index (χ0n) is 14.2. The van der Waals surface area contributed by atoms with Crippen molar-refractivity contribution in [2.75, 3.05) is 5.01 Å². The van der Waals surface area contributed by atoms with Gasteiger partial charge in [-0.05, 0) is 26.0 Å². The summed E-state index contributed by atoms with van der Waals surface area (Å²) in [6, 6.07) is 17.2. The average Bonchev–Trinajstić information content (AvgIpc) is 2.94. The molecule has 0 N–H and O–H groups in total. The lowest BCUT2D eigenvalue weighted by Crippen LogP contribution is -2.40. The molecule has 0 saturated heterocycles. The molecule has 2 aromatic carbocycles. The van der Waals surface area contributed by atoms with Crippen molar-refractivity contribution in [1.82, 2.24) is 5.01 Å². The molecule has 2 aromatic rings. The van der Waals surface area contributed by atoms with Gasteiger partial charge in [-0.15, -0.1) is 0 Å². The summed E-state index contributed by atoms with van der Waals surface area (Å²) in [4.78, 5) is 25.4. The van der Waals surface area contributed by atoms with Gasteiger partial charge in [-0.1, -0.05) is 49.0 Å². The van der Waals surface area contributed by atoms with Crippen LogP contribution in [-0.4, -0.2) is 22.6 Å². The molecule has 1 heterocycles. The topological polar surface area (TPSA) is 40.6 Å². The summed E-state index contributed by atoms with van der Waals surface area (Å²) in [6.45, 7) is 8.21. The second kappa shape index (κ2) is 5.45. The molecule has 0 bridgehead atoms. The van der Waals surface area contributed by atoms with E-state index in [1.165, 1.54) is 0 Å². The number of hydrazine groups is 1. The minimum Gasteiger partial charge on any atom is -0.285 e. The zero-order chi connectivity index (χ0) is 17.7. The molecule has 0 aromatic heterocycles. The Balaban J connectivity index is 2.03. The molecule has 0 spiro atoms. The summed E-state index contributed by atoms with van der Waals surface area (Å²) in [5.74, 6) is -0.947. The number of carbonyl (C=O) groups is 2. The molecular formula is C21H18N2O2. The van der Waals surface area contributed by atoms with Gasteiger partial charge >= 0.3 is 0 Å². The first-order chi connectivity index (χ1) is 12.0. The fourth-order valence-corrected chi connectivity index (χ4v) is 3.56. The predicted octanol–water partition coefficient (Wildman–Crippen LogP) is 3.82. The van der Waals surface area contributed by atoms with E-state index in [0.717, 1.165) is 16.9 Å². The number of hydrogen-bond donors (Lipinski definition) is 0. The number of carbonyl (C=O) groups excluding carboxylic acids is 2. The number of ketones is 2. The van der Waals surface area contributed by atoms with Crippen molar-refractivity contribution in [1.29, 1.82) is 0 Å². The smallest absolute Gasteiger partial charge is 0.237 e. The van der Waals surface area contributed by atoms with Crippen molar-refractivity contribution in [3.63, 3.8) is 0 Å². The number of para-hydroxylation sites is 1. The number of Topliss-reactive ketones (excluding diaryl/α,β-unsaturated/α-hetero) is 2. The van der Waals surface area contributed by atoms with E-state index in [-0.39, 0.29) is 6.04 Å². The Kier molecular flexibility index (Phi) is 3.35. The number of allylic oxidation sites excluding steroid dienone is 1. The maximum Gasteiger partial charge on any atom is 0.237 e. The van der Waals surface area contributed by atoms with E-state index < -0.39 is 11.6 Å². The van der Waals surface area contributed by atoms with Gasteiger partial charge in [-0.2, -0.15) is 0 Å². The van der Waals surface area contributed by atoms with Gasteiger partial charge in [-0.3, -0.25) is 19.6 Å². The molecule has 4 rings (SSSR count). The zero-order valence-corrected chi connectivity index (χ0v) is 14.2. The van der Waals surface area contributed by atoms with Crippen LogP contribution in [0, 0.1) is 0 Å². The Labute approximate surface area is 146 Å². The largest absolute Gasteiger partial charge is 0.285 e. The quantitative estimate of drug-likeness (QED) is 0.785. The van der Waals surface area contributed by atoms with Crippen LogP contribution in [0.4, 0.5) is 5.69 Å². The third kappa shape index (κ3) is 2.07. The highest BCUT2D eigenvalue weighted by atomic mass is 16.2. The van der Waals surface area contributed by atoms with Gasteiger partial charge in [0.1, 0.15) is 0 Å². The van der Waals surface area contributed by atoms with Crippen molar-refractivity contribution in [3.05, 3.63) is 83.6 Å². The van der Waals surface area contributed by atoms with Gasteiger partial charge in [-0.25, -0.2) is 0 Å². The van der Waals surface area contributed by atoms with E-state index in [2.05, 4.69) is 6.58 Å². The molecule has 1 aliphatic heterocycles. The second-order valence-corrected chi connectivity index (χ2v) is 6.46. The number of nitrogens with zero attached hydrogens (tertiary/aromatic N) is 2. The van der Waals surface area contributed by atoms with Gasteiger partial charge in [0.2, 0.25) is 11.6 Å². The summed E-state index contributed by atoms with van der Waals surface area (Å²) in [5.41, 5.74) is 3.87. The fourth-order valence-electron chi connectivity index (χ4n) is 3.56. The standard InChI is InChI=1S/C21H18N2O2/c1-13(2)22-14(3)18-19(23(22)15-9-5-4-6-10-15)16-11-7-8-12-17(16)20(24)21(18)25/h4-13H,3H2,1-2H3. The number of fused-ring (bicyclic) bond motifs is 2. The highest BCUT2D eigenvalue weighted by molar-refractivity contribution is 6.54. The molecule has 4 heteroatoms. The molecule has 0 saturated carbocycles. The molecule has 124 valence electrons. The summed E-state index contributed by atoms with van der Waals surface area (Å²) >= 11 is 0. The Hall–Kier alpha value is -3.14. The summed E-state index contributed by atoms with van der Waals surface area (Å²) < 4.78 is 0. The van der Waals surface area contributed by atoms with Crippen LogP contribution in [0.25, 0.3) is 5.70 Å². The van der Waals surface area contributed by atoms with Crippen LogP contribution >= 0.6 is 0 Å². The van der Waals surface area contributed by atoms with Gasteiger partial charge in [0.15, 0.2) is 0 Å². The summed E-state index contributed by atoms with van der Waals surface area (Å²) in [6.07, 6.45) is 0. The first-order valence-electron chi connectivity index (χ1n) is 8.28. The lowest BCUT2D eigenvalue weighted by Gasteiger charge is -2.37. The first-order valence-corrected chi connectivity index (χ1v) is 8.28. The van der Waals surface area contributed by atoms with Crippen LogP contribution in [0.5, 0.6) is 0 Å². The molecule has 2 aliphatic rings. The molecule has 0 atom stereocenters. The predicted molar refractivity (Wildman–Crippen MR) is 97.7 cm³/mol. The van der Waals surface area contributed by atoms with Gasteiger partial charge in [0.25, 0.3) is 0 Å². The first kappa shape index (κ1) is 15.4. The van der Waals surface area contributed by atoms with Crippen LogP contribution in [0.1, 0.15) is 29.8 Å². The SMILES string of the molecule is C=C1C2=C(c3ccccc3C(=O)C2=O)N(c2ccccc2)N1C(C)C. The third-order valence-electron chi connectivity index (χ3n) is 4.58. The number of rotatable bonds is 2. The molecule has 25 heavy (non-hydrogen) atoms. The van der Waals surface area contributed by atoms with Crippen molar-refractivity contribution in [2.24, 2.45) is 0 Å². The molecule has 0 unspecified atom stereocenters. The highest BCUT2D eigenvalue weighted by Gasteiger charge is 2.45. The average molecular weight is 330 g/mol. The maximum absolute atomic E-state index is 12.8. The van der Waals surface area contributed by atoms with Crippen molar-refractivity contribution in [3.8, 4) is 0 Å². The number of hydrogen-bond acceptors (Lipinski definition) is 4. The van der Waals surface area contributed by atoms with Crippen molar-refractivity contribution < 1.29 is 9.59 Å². The van der Waals surface area contributed by atoms with E-state index in [9.17, 15) is 9.59 Å². The third-order valence-corrected chi connectivity index (χ3v) is 4.58. The van der Waals surface area contributed by atoms with Crippen LogP contribution in [0.3, 0.4) is 0 Å². The molecule has 1 aliphatic carbocycles. The van der Waals surface area contributed by atoms with Crippen molar-refractivity contribution >= 4 is 23.0 Å². The van der Waals surface area contributed by atoms with Crippen LogP contribution in [0.15, 0.2) is 72.4 Å². The van der Waals surface area contributed by atoms with E-state index in [1.807, 2.05) is 66.3 Å². The lowest BCUT2D eigenvalue weighted by molar-refractivity contribution is -0.111. The van der Waals surface area contributed by atoms with E-state index >= 15 is 0 Å². The van der Waals surface area contributed by atoms with Crippen LogP contribution < -0.4 is 5.01 Å². The second-order valence-electron chi connectivity index (χ2n) is 6.46. The normalized spacial score (nSPS) is 16.7. The van der Waals surface area contributed by atoms with Crippen LogP contribution in [-0.2, 0) is 4.79 Å². The van der Waals surface area contributed by atoms with Gasteiger partial charge < -0.3 is 0 Å². The Morgan fingerprint density at radius 3 is 2.08 bits per heavy atom. The monoisotopic (exact) mass is 330 g/mol. The Morgan fingerprint density at radius 2 is 1.44 bits per heavy atom. The molecule has 0 amide bonds. The fraction of sp³-hybridized carbons (Fsp3) is 0.143. The summed E-state index contributed by atoms with van der Waals surface area (Å²) in [7, 11) is 0. The maximum atomic E-state index is 12.8. The number of benzene rings is 2.